The van der Waals surface area contributed by atoms with E-state index in [1.807, 2.05) is 23.1 Å². The molecule has 1 fully saturated rings. The maximum absolute atomic E-state index is 11.4. The van der Waals surface area contributed by atoms with Crippen LogP contribution in [0.2, 0.25) is 0 Å². The third-order valence-corrected chi connectivity index (χ3v) is 2.89. The van der Waals surface area contributed by atoms with Gasteiger partial charge in [-0.1, -0.05) is 24.8 Å². The highest BCUT2D eigenvalue weighted by Crippen LogP contribution is 2.15. The van der Waals surface area contributed by atoms with Crippen molar-refractivity contribution in [3.8, 4) is 0 Å². The van der Waals surface area contributed by atoms with E-state index < -0.39 is 0 Å². The summed E-state index contributed by atoms with van der Waals surface area (Å²) >= 11 is 0. The largest absolute Gasteiger partial charge is 0.368 e. The number of amides is 1. The summed E-state index contributed by atoms with van der Waals surface area (Å²) in [5, 5.41) is 0. The monoisotopic (exact) mass is 216 g/mol. The van der Waals surface area contributed by atoms with Gasteiger partial charge >= 0.3 is 0 Å². The number of hydrogen-bond donors (Lipinski definition) is 0. The minimum atomic E-state index is 0.0349. The van der Waals surface area contributed by atoms with Crippen LogP contribution >= 0.6 is 0 Å². The molecule has 0 bridgehead atoms. The quantitative estimate of drug-likeness (QED) is 0.700. The minimum absolute atomic E-state index is 0.0349. The van der Waals surface area contributed by atoms with Crippen LogP contribution in [0, 0.1) is 0 Å². The van der Waals surface area contributed by atoms with Gasteiger partial charge in [0.1, 0.15) is 0 Å². The molecule has 1 amide bonds. The van der Waals surface area contributed by atoms with Crippen LogP contribution in [0.3, 0.4) is 0 Å². The van der Waals surface area contributed by atoms with Crippen molar-refractivity contribution >= 4 is 11.6 Å². The van der Waals surface area contributed by atoms with Gasteiger partial charge < -0.3 is 9.80 Å². The Kier molecular flexibility index (Phi) is 3.25. The molecular formula is C13H16N2O. The fourth-order valence-corrected chi connectivity index (χ4v) is 1.95. The number of piperazine rings is 1. The molecule has 0 spiro atoms. The van der Waals surface area contributed by atoms with E-state index in [1.165, 1.54) is 11.8 Å². The van der Waals surface area contributed by atoms with E-state index in [0.29, 0.717) is 0 Å². The van der Waals surface area contributed by atoms with Gasteiger partial charge in [0.05, 0.1) is 0 Å². The van der Waals surface area contributed by atoms with Gasteiger partial charge in [-0.2, -0.15) is 0 Å². The Bertz CT molecular complexity index is 367. The second-order valence-electron chi connectivity index (χ2n) is 3.85. The van der Waals surface area contributed by atoms with Gasteiger partial charge in [-0.3, -0.25) is 4.79 Å². The molecule has 0 aliphatic carbocycles. The molecular weight excluding hydrogens is 200 g/mol. The van der Waals surface area contributed by atoms with Crippen molar-refractivity contribution in [3.63, 3.8) is 0 Å². The first kappa shape index (κ1) is 10.7. The summed E-state index contributed by atoms with van der Waals surface area (Å²) in [4.78, 5) is 15.5. The van der Waals surface area contributed by atoms with E-state index >= 15 is 0 Å². The SMILES string of the molecule is C=CC(=O)N1CCN(c2ccccc2)CC1. The van der Waals surface area contributed by atoms with Crippen molar-refractivity contribution in [2.24, 2.45) is 0 Å². The predicted molar refractivity (Wildman–Crippen MR) is 65.4 cm³/mol. The van der Waals surface area contributed by atoms with Crippen molar-refractivity contribution in [1.82, 2.24) is 4.90 Å². The Hall–Kier alpha value is -1.77. The van der Waals surface area contributed by atoms with Crippen LogP contribution < -0.4 is 4.90 Å². The molecule has 1 aromatic carbocycles. The molecule has 0 unspecified atom stereocenters. The van der Waals surface area contributed by atoms with Gasteiger partial charge in [0.15, 0.2) is 0 Å². The van der Waals surface area contributed by atoms with Gasteiger partial charge in [-0.05, 0) is 18.2 Å². The van der Waals surface area contributed by atoms with Crippen LogP contribution in [-0.2, 0) is 4.79 Å². The molecule has 1 aromatic rings. The van der Waals surface area contributed by atoms with Crippen LogP contribution in [-0.4, -0.2) is 37.0 Å². The maximum atomic E-state index is 11.4. The molecule has 3 heteroatoms. The van der Waals surface area contributed by atoms with E-state index in [0.717, 1.165) is 26.2 Å². The highest BCUT2D eigenvalue weighted by atomic mass is 16.2. The van der Waals surface area contributed by atoms with Gasteiger partial charge in [0.2, 0.25) is 5.91 Å². The lowest BCUT2D eigenvalue weighted by Gasteiger charge is -2.35. The molecule has 1 aliphatic rings. The number of benzene rings is 1. The summed E-state index contributed by atoms with van der Waals surface area (Å²) in [6, 6.07) is 10.3. The topological polar surface area (TPSA) is 23.6 Å². The van der Waals surface area contributed by atoms with Crippen molar-refractivity contribution in [2.45, 2.75) is 0 Å². The molecule has 84 valence electrons. The molecule has 0 atom stereocenters. The van der Waals surface area contributed by atoms with E-state index in [4.69, 9.17) is 0 Å². The Balaban J connectivity index is 1.95. The van der Waals surface area contributed by atoms with Crippen LogP contribution in [0.15, 0.2) is 43.0 Å². The van der Waals surface area contributed by atoms with Crippen molar-refractivity contribution < 1.29 is 4.79 Å². The van der Waals surface area contributed by atoms with Crippen molar-refractivity contribution in [3.05, 3.63) is 43.0 Å². The standard InChI is InChI=1S/C13H16N2O/c1-2-13(16)15-10-8-14(9-11-15)12-6-4-3-5-7-12/h2-7H,1,8-11H2. The lowest BCUT2D eigenvalue weighted by atomic mass is 10.2. The average molecular weight is 216 g/mol. The highest BCUT2D eigenvalue weighted by molar-refractivity contribution is 5.87. The summed E-state index contributed by atoms with van der Waals surface area (Å²) < 4.78 is 0. The molecule has 1 aliphatic heterocycles. The van der Waals surface area contributed by atoms with E-state index in [-0.39, 0.29) is 5.91 Å². The van der Waals surface area contributed by atoms with E-state index in [9.17, 15) is 4.79 Å². The Labute approximate surface area is 96.0 Å². The molecule has 3 nitrogen and oxygen atoms in total. The number of hydrogen-bond acceptors (Lipinski definition) is 2. The molecule has 0 aromatic heterocycles. The minimum Gasteiger partial charge on any atom is -0.368 e. The molecule has 0 N–H and O–H groups in total. The predicted octanol–water partition coefficient (Wildman–Crippen LogP) is 1.52. The highest BCUT2D eigenvalue weighted by Gasteiger charge is 2.18. The zero-order valence-electron chi connectivity index (χ0n) is 9.30. The van der Waals surface area contributed by atoms with Gasteiger partial charge in [0, 0.05) is 31.9 Å². The lowest BCUT2D eigenvalue weighted by molar-refractivity contribution is -0.126. The fourth-order valence-electron chi connectivity index (χ4n) is 1.95. The zero-order chi connectivity index (χ0) is 11.4. The second kappa shape index (κ2) is 4.84. The molecule has 0 radical (unpaired) electrons. The first-order valence-corrected chi connectivity index (χ1v) is 5.52. The van der Waals surface area contributed by atoms with E-state index in [2.05, 4.69) is 23.6 Å². The molecule has 2 rings (SSSR count). The van der Waals surface area contributed by atoms with Gasteiger partial charge in [-0.15, -0.1) is 0 Å². The molecule has 16 heavy (non-hydrogen) atoms. The normalized spacial score (nSPS) is 16.0. The Morgan fingerprint density at radius 3 is 2.31 bits per heavy atom. The van der Waals surface area contributed by atoms with Crippen molar-refractivity contribution in [1.29, 1.82) is 0 Å². The number of para-hydroxylation sites is 1. The number of carbonyl (C=O) groups is 1. The third-order valence-electron chi connectivity index (χ3n) is 2.89. The molecule has 0 saturated carbocycles. The second-order valence-corrected chi connectivity index (χ2v) is 3.85. The van der Waals surface area contributed by atoms with Gasteiger partial charge in [-0.25, -0.2) is 0 Å². The summed E-state index contributed by atoms with van der Waals surface area (Å²) in [6.07, 6.45) is 1.39. The smallest absolute Gasteiger partial charge is 0.246 e. The number of anilines is 1. The lowest BCUT2D eigenvalue weighted by Crippen LogP contribution is -2.48. The molecule has 1 saturated heterocycles. The zero-order valence-corrected chi connectivity index (χ0v) is 9.30. The first-order valence-electron chi connectivity index (χ1n) is 5.52. The average Bonchev–Trinajstić information content (AvgIpc) is 2.39. The summed E-state index contributed by atoms with van der Waals surface area (Å²) in [6.45, 7) is 6.85. The third kappa shape index (κ3) is 2.24. The van der Waals surface area contributed by atoms with Crippen LogP contribution in [0.5, 0.6) is 0 Å². The van der Waals surface area contributed by atoms with Crippen molar-refractivity contribution in [2.75, 3.05) is 31.1 Å². The molecule has 1 heterocycles. The Morgan fingerprint density at radius 2 is 1.75 bits per heavy atom. The summed E-state index contributed by atoms with van der Waals surface area (Å²) in [5.41, 5.74) is 1.23. The fraction of sp³-hybridized carbons (Fsp3) is 0.308. The summed E-state index contributed by atoms with van der Waals surface area (Å²) in [7, 11) is 0. The van der Waals surface area contributed by atoms with Crippen LogP contribution in [0.25, 0.3) is 0 Å². The number of carbonyl (C=O) groups excluding carboxylic acids is 1. The number of nitrogens with zero attached hydrogens (tertiary/aromatic N) is 2. The maximum Gasteiger partial charge on any atom is 0.246 e. The number of rotatable bonds is 2. The van der Waals surface area contributed by atoms with Crippen LogP contribution in [0.1, 0.15) is 0 Å². The van der Waals surface area contributed by atoms with Gasteiger partial charge in [0.25, 0.3) is 0 Å². The first-order chi connectivity index (χ1) is 7.81. The van der Waals surface area contributed by atoms with Crippen LogP contribution in [0.4, 0.5) is 5.69 Å². The Morgan fingerprint density at radius 1 is 1.12 bits per heavy atom. The summed E-state index contributed by atoms with van der Waals surface area (Å²) in [5.74, 6) is 0.0349. The van der Waals surface area contributed by atoms with E-state index in [1.54, 1.807) is 0 Å².